The maximum absolute atomic E-state index is 13.4. The number of halogens is 1. The van der Waals surface area contributed by atoms with Crippen molar-refractivity contribution >= 4 is 11.8 Å². The van der Waals surface area contributed by atoms with Crippen LogP contribution in [0.4, 0.5) is 4.39 Å². The summed E-state index contributed by atoms with van der Waals surface area (Å²) in [6.07, 6.45) is 5.53. The lowest BCUT2D eigenvalue weighted by atomic mass is 9.50. The highest BCUT2D eigenvalue weighted by molar-refractivity contribution is 6.06. The Hall–Kier alpha value is -1.45. The van der Waals surface area contributed by atoms with E-state index in [0.29, 0.717) is 0 Å². The molecule has 0 aromatic heterocycles. The first kappa shape index (κ1) is 8.67. The summed E-state index contributed by atoms with van der Waals surface area (Å²) in [6.45, 7) is 0. The minimum Gasteiger partial charge on any atom is -0.296 e. The molecule has 1 heterocycles. The molecular formula is C12H10FNO2. The molecule has 0 radical (unpaired) electrons. The number of hydrogen-bond donors (Lipinski definition) is 1. The predicted octanol–water partition coefficient (Wildman–Crippen LogP) is 0.790. The molecule has 4 heteroatoms. The van der Waals surface area contributed by atoms with E-state index in [1.54, 1.807) is 6.08 Å². The normalized spacial score (nSPS) is 51.7. The molecule has 6 atom stereocenters. The van der Waals surface area contributed by atoms with Gasteiger partial charge in [0.05, 0.1) is 11.8 Å². The van der Waals surface area contributed by atoms with Crippen LogP contribution in [-0.4, -0.2) is 11.8 Å². The molecule has 3 nitrogen and oxygen atoms in total. The van der Waals surface area contributed by atoms with Crippen LogP contribution in [0.25, 0.3) is 0 Å². The Labute approximate surface area is 91.4 Å². The van der Waals surface area contributed by atoms with Crippen LogP contribution >= 0.6 is 0 Å². The number of amides is 2. The van der Waals surface area contributed by atoms with Crippen molar-refractivity contribution in [1.29, 1.82) is 0 Å². The second-order valence-electron chi connectivity index (χ2n) is 5.10. The first-order valence-corrected chi connectivity index (χ1v) is 5.59. The number of rotatable bonds is 0. The summed E-state index contributed by atoms with van der Waals surface area (Å²) in [7, 11) is 0. The van der Waals surface area contributed by atoms with Crippen LogP contribution in [0.2, 0.25) is 0 Å². The zero-order valence-electron chi connectivity index (χ0n) is 8.39. The molecule has 82 valence electrons. The average Bonchev–Trinajstić information content (AvgIpc) is 2.54. The molecular weight excluding hydrogens is 209 g/mol. The Morgan fingerprint density at radius 3 is 2.25 bits per heavy atom. The number of carbonyl (C=O) groups excluding carboxylic acids is 2. The Bertz CT molecular complexity index is 481. The molecule has 0 spiro atoms. The van der Waals surface area contributed by atoms with Crippen LogP contribution in [0.1, 0.15) is 0 Å². The summed E-state index contributed by atoms with van der Waals surface area (Å²) in [4.78, 5) is 23.4. The molecule has 0 unspecified atom stereocenters. The van der Waals surface area contributed by atoms with Crippen molar-refractivity contribution in [2.45, 2.75) is 0 Å². The van der Waals surface area contributed by atoms with E-state index in [0.717, 1.165) is 0 Å². The highest BCUT2D eigenvalue weighted by atomic mass is 19.1. The van der Waals surface area contributed by atoms with E-state index in [4.69, 9.17) is 0 Å². The monoisotopic (exact) mass is 219 g/mol. The van der Waals surface area contributed by atoms with Crippen molar-refractivity contribution in [2.24, 2.45) is 35.5 Å². The summed E-state index contributed by atoms with van der Waals surface area (Å²) in [5.41, 5.74) is 0. The fraction of sp³-hybridized carbons (Fsp3) is 0.500. The van der Waals surface area contributed by atoms with E-state index >= 15 is 0 Å². The fourth-order valence-electron chi connectivity index (χ4n) is 3.90. The fourth-order valence-corrected chi connectivity index (χ4v) is 3.90. The van der Waals surface area contributed by atoms with Gasteiger partial charge in [0.2, 0.25) is 11.8 Å². The van der Waals surface area contributed by atoms with Gasteiger partial charge in [0, 0.05) is 5.92 Å². The van der Waals surface area contributed by atoms with Crippen LogP contribution in [0.5, 0.6) is 0 Å². The Morgan fingerprint density at radius 2 is 1.56 bits per heavy atom. The van der Waals surface area contributed by atoms with Gasteiger partial charge < -0.3 is 0 Å². The number of allylic oxidation sites excluding steroid dienone is 4. The molecule has 16 heavy (non-hydrogen) atoms. The SMILES string of the molecule is O=C1NC(=O)[C@@H]2[C@@H]3C=C[C@H]([C@H]4C=C(F)[C@H]43)[C@@H]12. The lowest BCUT2D eigenvalue weighted by molar-refractivity contribution is -0.128. The standard InChI is InChI=1S/C12H10FNO2/c13-7-3-6-4-1-2-5(8(6)7)10-9(4)11(15)14-12(10)16/h1-6,8-10H,(H,14,15,16)/t4-,5-,6-,8+,9-,10-/m1/s1. The number of nitrogens with one attached hydrogen (secondary N) is 1. The summed E-state index contributed by atoms with van der Waals surface area (Å²) >= 11 is 0. The van der Waals surface area contributed by atoms with Crippen molar-refractivity contribution in [3.05, 3.63) is 24.1 Å². The quantitative estimate of drug-likeness (QED) is 0.483. The van der Waals surface area contributed by atoms with E-state index in [-0.39, 0.29) is 53.1 Å². The van der Waals surface area contributed by atoms with Crippen molar-refractivity contribution in [1.82, 2.24) is 5.32 Å². The third-order valence-electron chi connectivity index (χ3n) is 4.57. The van der Waals surface area contributed by atoms with Gasteiger partial charge in [-0.2, -0.15) is 0 Å². The number of imide groups is 1. The lowest BCUT2D eigenvalue weighted by Gasteiger charge is -2.52. The van der Waals surface area contributed by atoms with E-state index in [1.165, 1.54) is 0 Å². The molecule has 2 amide bonds. The molecule has 1 saturated heterocycles. The van der Waals surface area contributed by atoms with E-state index in [9.17, 15) is 14.0 Å². The van der Waals surface area contributed by atoms with E-state index < -0.39 is 0 Å². The number of carbonyl (C=O) groups is 2. The molecule has 1 N–H and O–H groups in total. The van der Waals surface area contributed by atoms with Gasteiger partial charge in [0.25, 0.3) is 0 Å². The van der Waals surface area contributed by atoms with Gasteiger partial charge in [-0.3, -0.25) is 14.9 Å². The predicted molar refractivity (Wildman–Crippen MR) is 52.4 cm³/mol. The summed E-state index contributed by atoms with van der Waals surface area (Å²) < 4.78 is 13.4. The van der Waals surface area contributed by atoms with Crippen molar-refractivity contribution < 1.29 is 14.0 Å². The van der Waals surface area contributed by atoms with Crippen LogP contribution in [0.3, 0.4) is 0 Å². The minimum absolute atomic E-state index is 0.0194. The van der Waals surface area contributed by atoms with Gasteiger partial charge in [-0.1, -0.05) is 12.2 Å². The largest absolute Gasteiger partial charge is 0.296 e. The van der Waals surface area contributed by atoms with Gasteiger partial charge in [-0.15, -0.1) is 0 Å². The smallest absolute Gasteiger partial charge is 0.231 e. The molecule has 1 saturated carbocycles. The zero-order chi connectivity index (χ0) is 11.0. The topological polar surface area (TPSA) is 46.2 Å². The minimum atomic E-state index is -0.330. The second kappa shape index (κ2) is 2.44. The summed E-state index contributed by atoms with van der Waals surface area (Å²) in [5, 5.41) is 2.38. The van der Waals surface area contributed by atoms with Crippen molar-refractivity contribution in [2.75, 3.05) is 0 Å². The third kappa shape index (κ3) is 0.740. The molecule has 5 aliphatic rings. The van der Waals surface area contributed by atoms with Gasteiger partial charge in [0.1, 0.15) is 5.83 Å². The lowest BCUT2D eigenvalue weighted by Crippen LogP contribution is -2.52. The second-order valence-corrected chi connectivity index (χ2v) is 5.10. The van der Waals surface area contributed by atoms with Gasteiger partial charge in [-0.25, -0.2) is 4.39 Å². The first-order chi connectivity index (χ1) is 7.68. The Kier molecular flexibility index (Phi) is 1.32. The van der Waals surface area contributed by atoms with Crippen LogP contribution in [0.15, 0.2) is 24.1 Å². The molecule has 2 fully saturated rings. The maximum Gasteiger partial charge on any atom is 0.231 e. The van der Waals surface area contributed by atoms with Crippen LogP contribution < -0.4 is 5.32 Å². The summed E-state index contributed by atoms with van der Waals surface area (Å²) in [6, 6.07) is 0. The van der Waals surface area contributed by atoms with Crippen molar-refractivity contribution in [3.8, 4) is 0 Å². The Balaban J connectivity index is 1.86. The third-order valence-corrected chi connectivity index (χ3v) is 4.57. The molecule has 0 aromatic rings. The van der Waals surface area contributed by atoms with Gasteiger partial charge in [0.15, 0.2) is 0 Å². The van der Waals surface area contributed by atoms with Crippen LogP contribution in [-0.2, 0) is 9.59 Å². The molecule has 0 aromatic carbocycles. The van der Waals surface area contributed by atoms with E-state index in [2.05, 4.69) is 5.32 Å². The molecule has 2 bridgehead atoms. The number of hydrogen-bond acceptors (Lipinski definition) is 2. The first-order valence-electron chi connectivity index (χ1n) is 5.59. The molecule has 5 rings (SSSR count). The maximum atomic E-state index is 13.4. The Morgan fingerprint density at radius 1 is 0.938 bits per heavy atom. The highest BCUT2D eigenvalue weighted by Crippen LogP contribution is 2.60. The van der Waals surface area contributed by atoms with E-state index in [1.807, 2.05) is 12.2 Å². The zero-order valence-corrected chi connectivity index (χ0v) is 8.39. The average molecular weight is 219 g/mol. The molecule has 4 aliphatic carbocycles. The summed E-state index contributed by atoms with van der Waals surface area (Å²) in [5.74, 6) is -1.18. The highest BCUT2D eigenvalue weighted by Gasteiger charge is 2.62. The molecule has 1 aliphatic heterocycles. The van der Waals surface area contributed by atoms with Crippen molar-refractivity contribution in [3.63, 3.8) is 0 Å². The van der Waals surface area contributed by atoms with Crippen LogP contribution in [0, 0.1) is 35.5 Å². The van der Waals surface area contributed by atoms with Gasteiger partial charge in [-0.05, 0) is 23.8 Å². The van der Waals surface area contributed by atoms with Gasteiger partial charge >= 0.3 is 0 Å².